The molecule has 0 bridgehead atoms. The molecule has 118 valence electrons. The molecule has 2 atom stereocenters. The Hall–Kier alpha value is -0.960. The first kappa shape index (κ1) is 17.4. The molecule has 3 rings (SSSR count). The van der Waals surface area contributed by atoms with E-state index in [2.05, 4.69) is 80.7 Å². The summed E-state index contributed by atoms with van der Waals surface area (Å²) in [5.74, 6) is 1.69. The average molecular weight is 334 g/mol. The maximum Gasteiger partial charge on any atom is 0.0592 e. The van der Waals surface area contributed by atoms with E-state index >= 15 is 0 Å². The van der Waals surface area contributed by atoms with Crippen LogP contribution in [0.3, 0.4) is 0 Å². The van der Waals surface area contributed by atoms with Crippen molar-refractivity contribution in [2.75, 3.05) is 5.75 Å². The van der Waals surface area contributed by atoms with Crippen LogP contribution in [0.1, 0.15) is 37.9 Å². The Bertz CT molecular complexity index is 614. The van der Waals surface area contributed by atoms with Gasteiger partial charge in [-0.05, 0) is 30.0 Å². The highest BCUT2D eigenvalue weighted by atomic mass is 35.5. The van der Waals surface area contributed by atoms with Crippen molar-refractivity contribution < 1.29 is 0 Å². The summed E-state index contributed by atoms with van der Waals surface area (Å²) < 4.78 is 0. The summed E-state index contributed by atoms with van der Waals surface area (Å²) in [6.07, 6.45) is 0. The highest BCUT2D eigenvalue weighted by molar-refractivity contribution is 7.99. The first-order chi connectivity index (χ1) is 10.1. The lowest BCUT2D eigenvalue weighted by atomic mass is 9.87. The predicted octanol–water partition coefficient (Wildman–Crippen LogP) is 5.31. The van der Waals surface area contributed by atoms with E-state index in [4.69, 9.17) is 0 Å². The van der Waals surface area contributed by atoms with Crippen LogP contribution in [0.5, 0.6) is 0 Å². The Morgan fingerprint density at radius 3 is 2.36 bits per heavy atom. The minimum Gasteiger partial charge on any atom is -0.300 e. The van der Waals surface area contributed by atoms with Gasteiger partial charge in [0.05, 0.1) is 6.04 Å². The fourth-order valence-electron chi connectivity index (χ4n) is 2.77. The van der Waals surface area contributed by atoms with Crippen LogP contribution < -0.4 is 5.32 Å². The Morgan fingerprint density at radius 1 is 1.05 bits per heavy atom. The van der Waals surface area contributed by atoms with Crippen molar-refractivity contribution in [1.82, 2.24) is 5.32 Å². The molecule has 2 aromatic carbocycles. The van der Waals surface area contributed by atoms with Crippen LogP contribution in [0.2, 0.25) is 0 Å². The van der Waals surface area contributed by atoms with Crippen molar-refractivity contribution in [3.8, 4) is 0 Å². The minimum atomic E-state index is 0. The smallest absolute Gasteiger partial charge is 0.0592 e. The van der Waals surface area contributed by atoms with Gasteiger partial charge in [-0.15, -0.1) is 24.2 Å². The van der Waals surface area contributed by atoms with Gasteiger partial charge in [-0.3, -0.25) is 5.32 Å². The van der Waals surface area contributed by atoms with Crippen LogP contribution in [-0.4, -0.2) is 11.3 Å². The maximum absolute atomic E-state index is 3.94. The van der Waals surface area contributed by atoms with Crippen LogP contribution in [-0.2, 0) is 0 Å². The lowest BCUT2D eigenvalue weighted by molar-refractivity contribution is 0.277. The topological polar surface area (TPSA) is 12.0 Å². The first-order valence-corrected chi connectivity index (χ1v) is 8.63. The summed E-state index contributed by atoms with van der Waals surface area (Å²) in [4.78, 5) is 1.41. The number of nitrogens with one attached hydrogen (secondary N) is 1. The zero-order valence-corrected chi connectivity index (χ0v) is 15.0. The molecule has 0 aromatic heterocycles. The molecule has 0 spiro atoms. The van der Waals surface area contributed by atoms with E-state index < -0.39 is 0 Å². The Morgan fingerprint density at radius 2 is 1.68 bits per heavy atom. The fraction of sp³-hybridized carbons (Fsp3) is 0.368. The van der Waals surface area contributed by atoms with E-state index in [-0.39, 0.29) is 24.0 Å². The molecule has 1 N–H and O–H groups in total. The number of thioether (sulfide) groups is 1. The third-order valence-corrected chi connectivity index (χ3v) is 6.07. The summed E-state index contributed by atoms with van der Waals surface area (Å²) in [5, 5.41) is 3.94. The summed E-state index contributed by atoms with van der Waals surface area (Å²) >= 11 is 1.98. The largest absolute Gasteiger partial charge is 0.300 e. The van der Waals surface area contributed by atoms with Gasteiger partial charge in [-0.1, -0.05) is 62.4 Å². The predicted molar refractivity (Wildman–Crippen MR) is 99.1 cm³/mol. The molecule has 2 aromatic rings. The average Bonchev–Trinajstić information content (AvgIpc) is 2.67. The van der Waals surface area contributed by atoms with Gasteiger partial charge < -0.3 is 0 Å². The highest BCUT2D eigenvalue weighted by Crippen LogP contribution is 2.39. The maximum atomic E-state index is 3.94. The van der Waals surface area contributed by atoms with Crippen LogP contribution in [0.15, 0.2) is 59.5 Å². The van der Waals surface area contributed by atoms with Crippen molar-refractivity contribution in [3.63, 3.8) is 0 Å². The molecular formula is C19H24ClNS. The van der Waals surface area contributed by atoms with Crippen LogP contribution in [0.25, 0.3) is 0 Å². The number of benzene rings is 2. The molecule has 1 nitrogen and oxygen atoms in total. The van der Waals surface area contributed by atoms with Gasteiger partial charge in [0.15, 0.2) is 0 Å². The van der Waals surface area contributed by atoms with Gasteiger partial charge in [0.25, 0.3) is 0 Å². The van der Waals surface area contributed by atoms with Crippen LogP contribution in [0, 0.1) is 5.92 Å². The van der Waals surface area contributed by atoms with E-state index in [1.54, 1.807) is 0 Å². The summed E-state index contributed by atoms with van der Waals surface area (Å²) in [7, 11) is 0. The highest BCUT2D eigenvalue weighted by Gasteiger charge is 2.35. The number of halogens is 1. The Kier molecular flexibility index (Phi) is 5.60. The molecule has 0 amide bonds. The van der Waals surface area contributed by atoms with Crippen LogP contribution >= 0.6 is 24.2 Å². The lowest BCUT2D eigenvalue weighted by Gasteiger charge is -2.36. The fourth-order valence-corrected chi connectivity index (χ4v) is 4.17. The summed E-state index contributed by atoms with van der Waals surface area (Å²) in [6.45, 7) is 6.98. The van der Waals surface area contributed by atoms with E-state index in [1.165, 1.54) is 16.0 Å². The van der Waals surface area contributed by atoms with E-state index in [9.17, 15) is 0 Å². The summed E-state index contributed by atoms with van der Waals surface area (Å²) in [5.41, 5.74) is 2.88. The molecule has 0 saturated heterocycles. The molecule has 1 heterocycles. The second-order valence-corrected chi connectivity index (χ2v) is 7.40. The molecule has 0 radical (unpaired) electrons. The number of fused-ring (bicyclic) bond motifs is 1. The summed E-state index contributed by atoms with van der Waals surface area (Å²) in [6, 6.07) is 19.9. The van der Waals surface area contributed by atoms with Gasteiger partial charge in [0.2, 0.25) is 0 Å². The monoisotopic (exact) mass is 333 g/mol. The number of rotatable bonds is 2. The van der Waals surface area contributed by atoms with E-state index in [0.717, 1.165) is 5.75 Å². The zero-order valence-electron chi connectivity index (χ0n) is 13.4. The molecule has 0 unspecified atom stereocenters. The molecule has 0 aliphatic carbocycles. The zero-order chi connectivity index (χ0) is 14.9. The second-order valence-electron chi connectivity index (χ2n) is 6.39. The van der Waals surface area contributed by atoms with Crippen molar-refractivity contribution >= 4 is 24.2 Å². The normalized spacial score (nSPS) is 24.3. The van der Waals surface area contributed by atoms with Gasteiger partial charge in [-0.2, -0.15) is 0 Å². The molecule has 1 aliphatic rings. The van der Waals surface area contributed by atoms with Crippen molar-refractivity contribution in [3.05, 3.63) is 65.7 Å². The van der Waals surface area contributed by atoms with Crippen molar-refractivity contribution in [1.29, 1.82) is 0 Å². The Labute approximate surface area is 144 Å². The second kappa shape index (κ2) is 7.08. The van der Waals surface area contributed by atoms with Gasteiger partial charge in [-0.25, -0.2) is 0 Å². The van der Waals surface area contributed by atoms with Gasteiger partial charge in [0.1, 0.15) is 0 Å². The Balaban J connectivity index is 0.00000176. The number of hydrogen-bond acceptors (Lipinski definition) is 2. The lowest BCUT2D eigenvalue weighted by Crippen LogP contribution is -2.50. The standard InChI is InChI=1S/C19H23NS.ClH/c1-14(2)19(3)13-21-17-12-8-7-11-16(17)18(20-19)15-9-5-4-6-10-15;/h4-12,14,18,20H,13H2,1-3H3;1H/t18-,19-;/m0./s1. The van der Waals surface area contributed by atoms with Crippen molar-refractivity contribution in [2.45, 2.75) is 37.2 Å². The molecule has 0 fully saturated rings. The quantitative estimate of drug-likeness (QED) is 0.799. The van der Waals surface area contributed by atoms with Crippen LogP contribution in [0.4, 0.5) is 0 Å². The van der Waals surface area contributed by atoms with Crippen molar-refractivity contribution in [2.24, 2.45) is 5.92 Å². The third-order valence-electron chi connectivity index (χ3n) is 4.64. The SMILES string of the molecule is CC(C)[C@]1(C)CSc2ccccc2[C@H](c2ccccc2)N1.Cl. The number of hydrogen-bond donors (Lipinski definition) is 1. The van der Waals surface area contributed by atoms with Gasteiger partial charge >= 0.3 is 0 Å². The van der Waals surface area contributed by atoms with Gasteiger partial charge in [0, 0.05) is 16.2 Å². The molecule has 1 aliphatic heterocycles. The van der Waals surface area contributed by atoms with E-state index in [1.807, 2.05) is 11.8 Å². The van der Waals surface area contributed by atoms with E-state index in [0.29, 0.717) is 5.92 Å². The molecule has 0 saturated carbocycles. The first-order valence-electron chi connectivity index (χ1n) is 7.64. The molecular weight excluding hydrogens is 310 g/mol. The minimum absolute atomic E-state index is 0. The third kappa shape index (κ3) is 3.34. The molecule has 22 heavy (non-hydrogen) atoms. The molecule has 3 heteroatoms.